The summed E-state index contributed by atoms with van der Waals surface area (Å²) in [6.07, 6.45) is 2.20. The second-order valence-electron chi connectivity index (χ2n) is 4.09. The molecule has 88 valence electrons. The molecule has 2 heterocycles. The van der Waals surface area contributed by atoms with Crippen LogP contribution in [0.25, 0.3) is 0 Å². The third kappa shape index (κ3) is 2.47. The van der Waals surface area contributed by atoms with Crippen molar-refractivity contribution in [2.24, 2.45) is 5.92 Å². The molecule has 0 saturated carbocycles. The first-order valence-corrected chi connectivity index (χ1v) is 6.36. The van der Waals surface area contributed by atoms with Gasteiger partial charge in [0.1, 0.15) is 5.82 Å². The highest BCUT2D eigenvalue weighted by molar-refractivity contribution is 9.10. The molecule has 0 aliphatic carbocycles. The summed E-state index contributed by atoms with van der Waals surface area (Å²) in [5, 5.41) is 9.92. The summed E-state index contributed by atoms with van der Waals surface area (Å²) in [5.74, 6) is 1.05. The summed E-state index contributed by atoms with van der Waals surface area (Å²) in [6.45, 7) is 3.61. The largest absolute Gasteiger partial charge is 0.393 e. The highest BCUT2D eigenvalue weighted by atomic mass is 79.9. The summed E-state index contributed by atoms with van der Waals surface area (Å²) >= 11 is 9.20. The Morgan fingerprint density at radius 2 is 2.38 bits per heavy atom. The minimum absolute atomic E-state index is 0.215. The SMILES string of the molecule is CC1CN(c2nc(Cl)ncc2Br)CCC1O. The highest BCUT2D eigenvalue weighted by Crippen LogP contribution is 2.28. The van der Waals surface area contributed by atoms with E-state index < -0.39 is 0 Å². The Hall–Kier alpha value is -0.390. The molecule has 0 radical (unpaired) electrons. The van der Waals surface area contributed by atoms with E-state index in [0.717, 1.165) is 29.8 Å². The van der Waals surface area contributed by atoms with Gasteiger partial charge in [-0.05, 0) is 39.9 Å². The number of halogens is 2. The molecule has 0 amide bonds. The van der Waals surface area contributed by atoms with Gasteiger partial charge in [0, 0.05) is 19.3 Å². The van der Waals surface area contributed by atoms with E-state index in [2.05, 4.69) is 30.8 Å². The summed E-state index contributed by atoms with van der Waals surface area (Å²) in [6, 6.07) is 0. The van der Waals surface area contributed by atoms with Crippen LogP contribution in [0.15, 0.2) is 10.7 Å². The molecule has 1 saturated heterocycles. The second-order valence-corrected chi connectivity index (χ2v) is 5.28. The van der Waals surface area contributed by atoms with Crippen LogP contribution in [0.2, 0.25) is 5.28 Å². The molecule has 2 unspecified atom stereocenters. The maximum Gasteiger partial charge on any atom is 0.224 e. The molecule has 0 spiro atoms. The molecule has 1 N–H and O–H groups in total. The summed E-state index contributed by atoms with van der Waals surface area (Å²) in [4.78, 5) is 10.2. The molecule has 1 aliphatic heterocycles. The Kier molecular flexibility index (Phi) is 3.66. The van der Waals surface area contributed by atoms with Crippen LogP contribution in [0.1, 0.15) is 13.3 Å². The Morgan fingerprint density at radius 1 is 1.62 bits per heavy atom. The van der Waals surface area contributed by atoms with E-state index in [1.807, 2.05) is 6.92 Å². The van der Waals surface area contributed by atoms with Gasteiger partial charge in [0.2, 0.25) is 5.28 Å². The molecule has 1 aliphatic rings. The topological polar surface area (TPSA) is 49.2 Å². The molecular formula is C10H13BrClN3O. The van der Waals surface area contributed by atoms with Crippen LogP contribution in [-0.2, 0) is 0 Å². The lowest BCUT2D eigenvalue weighted by molar-refractivity contribution is 0.0968. The number of hydrogen-bond donors (Lipinski definition) is 1. The minimum Gasteiger partial charge on any atom is -0.393 e. The highest BCUT2D eigenvalue weighted by Gasteiger charge is 2.26. The minimum atomic E-state index is -0.215. The lowest BCUT2D eigenvalue weighted by atomic mass is 9.97. The summed E-state index contributed by atoms with van der Waals surface area (Å²) in [5.41, 5.74) is 0. The fourth-order valence-electron chi connectivity index (χ4n) is 1.88. The summed E-state index contributed by atoms with van der Waals surface area (Å²) in [7, 11) is 0. The maximum absolute atomic E-state index is 9.67. The fourth-order valence-corrected chi connectivity index (χ4v) is 2.46. The molecule has 2 rings (SSSR count). The lowest BCUT2D eigenvalue weighted by Crippen LogP contribution is -2.42. The van der Waals surface area contributed by atoms with Crippen LogP contribution in [0.3, 0.4) is 0 Å². The van der Waals surface area contributed by atoms with Gasteiger partial charge in [0.25, 0.3) is 0 Å². The first kappa shape index (κ1) is 12.1. The second kappa shape index (κ2) is 4.85. The van der Waals surface area contributed by atoms with E-state index in [4.69, 9.17) is 11.6 Å². The molecule has 2 atom stereocenters. The van der Waals surface area contributed by atoms with Gasteiger partial charge in [-0.1, -0.05) is 6.92 Å². The van der Waals surface area contributed by atoms with Crippen molar-refractivity contribution in [2.45, 2.75) is 19.4 Å². The lowest BCUT2D eigenvalue weighted by Gasteiger charge is -2.35. The number of aliphatic hydroxyl groups excluding tert-OH is 1. The average molecular weight is 307 g/mol. The Bertz CT molecular complexity index is 390. The van der Waals surface area contributed by atoms with Crippen LogP contribution >= 0.6 is 27.5 Å². The average Bonchev–Trinajstić information content (AvgIpc) is 2.26. The van der Waals surface area contributed by atoms with E-state index in [1.165, 1.54) is 0 Å². The Labute approximate surface area is 108 Å². The van der Waals surface area contributed by atoms with Gasteiger partial charge in [-0.2, -0.15) is 4.98 Å². The van der Waals surface area contributed by atoms with E-state index in [-0.39, 0.29) is 17.3 Å². The zero-order chi connectivity index (χ0) is 11.7. The first-order chi connectivity index (χ1) is 7.58. The van der Waals surface area contributed by atoms with Crippen LogP contribution in [0, 0.1) is 5.92 Å². The van der Waals surface area contributed by atoms with Crippen molar-refractivity contribution < 1.29 is 5.11 Å². The van der Waals surface area contributed by atoms with Crippen molar-refractivity contribution in [3.63, 3.8) is 0 Å². The monoisotopic (exact) mass is 305 g/mol. The number of anilines is 1. The van der Waals surface area contributed by atoms with Crippen LogP contribution in [0.4, 0.5) is 5.82 Å². The molecule has 1 fully saturated rings. The van der Waals surface area contributed by atoms with Crippen molar-refractivity contribution in [2.75, 3.05) is 18.0 Å². The number of nitrogens with zero attached hydrogens (tertiary/aromatic N) is 3. The third-order valence-corrected chi connectivity index (χ3v) is 3.60. The molecule has 16 heavy (non-hydrogen) atoms. The quantitative estimate of drug-likeness (QED) is 0.807. The van der Waals surface area contributed by atoms with E-state index in [0.29, 0.717) is 0 Å². The van der Waals surface area contributed by atoms with Crippen LogP contribution < -0.4 is 4.90 Å². The van der Waals surface area contributed by atoms with E-state index in [9.17, 15) is 5.11 Å². The summed E-state index contributed by atoms with van der Waals surface area (Å²) < 4.78 is 0.834. The van der Waals surface area contributed by atoms with Crippen LogP contribution in [0.5, 0.6) is 0 Å². The van der Waals surface area contributed by atoms with Gasteiger partial charge < -0.3 is 10.0 Å². The number of piperidine rings is 1. The van der Waals surface area contributed by atoms with Crippen molar-refractivity contribution in [3.05, 3.63) is 16.0 Å². The Morgan fingerprint density at radius 3 is 3.06 bits per heavy atom. The van der Waals surface area contributed by atoms with Gasteiger partial charge in [-0.25, -0.2) is 4.98 Å². The van der Waals surface area contributed by atoms with Crippen molar-refractivity contribution in [1.29, 1.82) is 0 Å². The smallest absolute Gasteiger partial charge is 0.224 e. The zero-order valence-corrected chi connectivity index (χ0v) is 11.2. The molecule has 0 bridgehead atoms. The third-order valence-electron chi connectivity index (χ3n) is 2.86. The predicted octanol–water partition coefficient (Wildman–Crippen LogP) is 2.10. The Balaban J connectivity index is 2.21. The predicted molar refractivity (Wildman–Crippen MR) is 66.7 cm³/mol. The van der Waals surface area contributed by atoms with E-state index in [1.54, 1.807) is 6.20 Å². The van der Waals surface area contributed by atoms with Gasteiger partial charge in [-0.3, -0.25) is 0 Å². The molecule has 1 aromatic rings. The number of hydrogen-bond acceptors (Lipinski definition) is 4. The normalized spacial score (nSPS) is 25.9. The zero-order valence-electron chi connectivity index (χ0n) is 8.90. The fraction of sp³-hybridized carbons (Fsp3) is 0.600. The molecule has 6 heteroatoms. The molecule has 0 aromatic carbocycles. The first-order valence-electron chi connectivity index (χ1n) is 5.19. The van der Waals surface area contributed by atoms with Gasteiger partial charge >= 0.3 is 0 Å². The van der Waals surface area contributed by atoms with Gasteiger partial charge in [0.15, 0.2) is 0 Å². The van der Waals surface area contributed by atoms with E-state index >= 15 is 0 Å². The van der Waals surface area contributed by atoms with Crippen molar-refractivity contribution in [1.82, 2.24) is 9.97 Å². The standard InChI is InChI=1S/C10H13BrClN3O/c1-6-5-15(3-2-8(6)16)9-7(11)4-13-10(12)14-9/h4,6,8,16H,2-3,5H2,1H3. The van der Waals surface area contributed by atoms with Gasteiger partial charge in [-0.15, -0.1) is 0 Å². The number of aromatic nitrogens is 2. The number of rotatable bonds is 1. The molecule has 4 nitrogen and oxygen atoms in total. The molecule has 1 aromatic heterocycles. The van der Waals surface area contributed by atoms with Crippen LogP contribution in [-0.4, -0.2) is 34.3 Å². The van der Waals surface area contributed by atoms with Crippen molar-refractivity contribution in [3.8, 4) is 0 Å². The molecular weight excluding hydrogens is 293 g/mol. The number of aliphatic hydroxyl groups is 1. The van der Waals surface area contributed by atoms with Crippen molar-refractivity contribution >= 4 is 33.3 Å². The maximum atomic E-state index is 9.67. The van der Waals surface area contributed by atoms with Gasteiger partial charge in [0.05, 0.1) is 10.6 Å².